The highest BCUT2D eigenvalue weighted by atomic mass is 32.1. The van der Waals surface area contributed by atoms with Gasteiger partial charge in [-0.25, -0.2) is 0 Å². The zero-order valence-electron chi connectivity index (χ0n) is 10.5. The van der Waals surface area contributed by atoms with Crippen molar-refractivity contribution in [2.24, 2.45) is 5.73 Å². The average molecular weight is 264 g/mol. The summed E-state index contributed by atoms with van der Waals surface area (Å²) < 4.78 is 0. The fourth-order valence-electron chi connectivity index (χ4n) is 2.28. The largest absolute Gasteiger partial charge is 0.395 e. The van der Waals surface area contributed by atoms with Crippen molar-refractivity contribution in [1.82, 2.24) is 4.90 Å². The maximum atomic E-state index is 9.12. The molecule has 2 rings (SSSR count). The first-order valence-electron chi connectivity index (χ1n) is 6.44. The van der Waals surface area contributed by atoms with Crippen LogP contribution in [0.4, 0.5) is 0 Å². The second-order valence-corrected chi connectivity index (χ2v) is 5.28. The predicted octanol–water partition coefficient (Wildman–Crippen LogP) is 1.67. The van der Waals surface area contributed by atoms with Crippen molar-refractivity contribution >= 4 is 17.2 Å². The molecule has 1 aromatic rings. The summed E-state index contributed by atoms with van der Waals surface area (Å²) in [5, 5.41) is 9.12. The van der Waals surface area contributed by atoms with Crippen molar-refractivity contribution in [2.45, 2.75) is 31.8 Å². The van der Waals surface area contributed by atoms with Crippen LogP contribution in [0.2, 0.25) is 0 Å². The van der Waals surface area contributed by atoms with Crippen molar-refractivity contribution in [2.75, 3.05) is 13.2 Å². The molecule has 0 aliphatic heterocycles. The Morgan fingerprint density at radius 2 is 2.00 bits per heavy atom. The summed E-state index contributed by atoms with van der Waals surface area (Å²) in [5.74, 6) is 0. The van der Waals surface area contributed by atoms with E-state index in [1.807, 2.05) is 12.1 Å². The van der Waals surface area contributed by atoms with Crippen LogP contribution in [0.25, 0.3) is 0 Å². The monoisotopic (exact) mass is 264 g/mol. The fourth-order valence-corrected chi connectivity index (χ4v) is 2.42. The molecule has 1 aromatic carbocycles. The first kappa shape index (κ1) is 13.5. The maximum Gasteiger partial charge on any atom is 0.103 e. The Balaban J connectivity index is 1.99. The molecule has 0 aromatic heterocycles. The van der Waals surface area contributed by atoms with Gasteiger partial charge in [0, 0.05) is 24.7 Å². The number of nitrogens with two attached hydrogens (primary N) is 1. The van der Waals surface area contributed by atoms with Crippen LogP contribution in [0.15, 0.2) is 24.3 Å². The summed E-state index contributed by atoms with van der Waals surface area (Å²) in [6.07, 6.45) is 3.82. The molecule has 0 radical (unpaired) electrons. The molecule has 0 unspecified atom stereocenters. The van der Waals surface area contributed by atoms with Gasteiger partial charge in [0.1, 0.15) is 4.99 Å². The summed E-state index contributed by atoms with van der Waals surface area (Å²) in [4.78, 5) is 2.80. The van der Waals surface area contributed by atoms with Crippen LogP contribution < -0.4 is 5.73 Å². The third-order valence-electron chi connectivity index (χ3n) is 3.60. The van der Waals surface area contributed by atoms with Crippen LogP contribution in [0.5, 0.6) is 0 Å². The van der Waals surface area contributed by atoms with Gasteiger partial charge in [-0.3, -0.25) is 4.90 Å². The van der Waals surface area contributed by atoms with Crippen molar-refractivity contribution in [3.63, 3.8) is 0 Å². The Bertz CT molecular complexity index is 401. The Morgan fingerprint density at radius 3 is 2.44 bits per heavy atom. The first-order valence-corrected chi connectivity index (χ1v) is 6.85. The van der Waals surface area contributed by atoms with E-state index in [9.17, 15) is 0 Å². The van der Waals surface area contributed by atoms with Gasteiger partial charge in [0.15, 0.2) is 0 Å². The lowest BCUT2D eigenvalue weighted by molar-refractivity contribution is 0.0945. The Kier molecular flexibility index (Phi) is 4.69. The van der Waals surface area contributed by atoms with Crippen molar-refractivity contribution in [3.05, 3.63) is 35.4 Å². The summed E-state index contributed by atoms with van der Waals surface area (Å²) >= 11 is 4.94. The molecule has 0 spiro atoms. The number of hydrogen-bond acceptors (Lipinski definition) is 3. The molecular weight excluding hydrogens is 244 g/mol. The van der Waals surface area contributed by atoms with Crippen LogP contribution in [-0.2, 0) is 6.54 Å². The van der Waals surface area contributed by atoms with E-state index in [2.05, 4.69) is 17.0 Å². The van der Waals surface area contributed by atoms with Gasteiger partial charge in [-0.05, 0) is 18.4 Å². The number of hydrogen-bond donors (Lipinski definition) is 2. The lowest BCUT2D eigenvalue weighted by atomic mass is 9.91. The standard InChI is InChI=1S/C14H20N2OS/c15-14(18)12-6-4-11(5-7-12)10-16(8-9-17)13-2-1-3-13/h4-7,13,17H,1-3,8-10H2,(H2,15,18). The van der Waals surface area contributed by atoms with Crippen LogP contribution in [0.3, 0.4) is 0 Å². The summed E-state index contributed by atoms with van der Waals surface area (Å²) in [6.45, 7) is 1.87. The van der Waals surface area contributed by atoms with Gasteiger partial charge in [-0.15, -0.1) is 0 Å². The van der Waals surface area contributed by atoms with Gasteiger partial charge >= 0.3 is 0 Å². The summed E-state index contributed by atoms with van der Waals surface area (Å²) in [6, 6.07) is 8.72. The summed E-state index contributed by atoms with van der Waals surface area (Å²) in [5.41, 5.74) is 7.73. The Morgan fingerprint density at radius 1 is 1.33 bits per heavy atom. The number of nitrogens with zero attached hydrogens (tertiary/aromatic N) is 1. The smallest absolute Gasteiger partial charge is 0.103 e. The molecule has 4 heteroatoms. The minimum absolute atomic E-state index is 0.224. The molecule has 1 aliphatic carbocycles. The van der Waals surface area contributed by atoms with E-state index in [0.717, 1.165) is 18.7 Å². The second-order valence-electron chi connectivity index (χ2n) is 4.84. The molecule has 98 valence electrons. The van der Waals surface area contributed by atoms with Gasteiger partial charge in [0.25, 0.3) is 0 Å². The van der Waals surface area contributed by atoms with Crippen LogP contribution in [0, 0.1) is 0 Å². The SMILES string of the molecule is NC(=S)c1ccc(CN(CCO)C2CCC2)cc1. The average Bonchev–Trinajstić information content (AvgIpc) is 2.27. The predicted molar refractivity (Wildman–Crippen MR) is 77.5 cm³/mol. The zero-order chi connectivity index (χ0) is 13.0. The van der Waals surface area contributed by atoms with Crippen molar-refractivity contribution in [1.29, 1.82) is 0 Å². The molecule has 18 heavy (non-hydrogen) atoms. The number of thiocarbonyl (C=S) groups is 1. The molecule has 3 N–H and O–H groups in total. The van der Waals surface area contributed by atoms with Crippen LogP contribution in [0.1, 0.15) is 30.4 Å². The Hall–Kier alpha value is -0.970. The molecule has 0 atom stereocenters. The fraction of sp³-hybridized carbons (Fsp3) is 0.500. The number of rotatable bonds is 6. The van der Waals surface area contributed by atoms with Gasteiger partial charge < -0.3 is 10.8 Å². The number of aliphatic hydroxyl groups excluding tert-OH is 1. The Labute approximate surface area is 114 Å². The second kappa shape index (κ2) is 6.27. The molecular formula is C14H20N2OS. The molecule has 1 aliphatic rings. The number of benzene rings is 1. The van der Waals surface area contributed by atoms with Crippen LogP contribution in [-0.4, -0.2) is 34.2 Å². The molecule has 1 fully saturated rings. The quantitative estimate of drug-likeness (QED) is 0.767. The maximum absolute atomic E-state index is 9.12. The van der Waals surface area contributed by atoms with E-state index in [-0.39, 0.29) is 6.61 Å². The molecule has 3 nitrogen and oxygen atoms in total. The minimum atomic E-state index is 0.224. The third-order valence-corrected chi connectivity index (χ3v) is 3.84. The molecule has 1 saturated carbocycles. The van der Waals surface area contributed by atoms with Crippen LogP contribution >= 0.6 is 12.2 Å². The van der Waals surface area contributed by atoms with Gasteiger partial charge in [-0.2, -0.15) is 0 Å². The third kappa shape index (κ3) is 3.28. The van der Waals surface area contributed by atoms with E-state index >= 15 is 0 Å². The minimum Gasteiger partial charge on any atom is -0.395 e. The highest BCUT2D eigenvalue weighted by molar-refractivity contribution is 7.80. The van der Waals surface area contributed by atoms with Crippen molar-refractivity contribution in [3.8, 4) is 0 Å². The molecule has 0 heterocycles. The highest BCUT2D eigenvalue weighted by Crippen LogP contribution is 2.25. The van der Waals surface area contributed by atoms with E-state index in [4.69, 9.17) is 23.1 Å². The van der Waals surface area contributed by atoms with E-state index in [1.54, 1.807) is 0 Å². The van der Waals surface area contributed by atoms with Gasteiger partial charge in [0.05, 0.1) is 6.61 Å². The lowest BCUT2D eigenvalue weighted by Gasteiger charge is -2.37. The normalized spacial score (nSPS) is 15.7. The molecule has 0 bridgehead atoms. The lowest BCUT2D eigenvalue weighted by Crippen LogP contribution is -2.41. The van der Waals surface area contributed by atoms with Gasteiger partial charge in [0.2, 0.25) is 0 Å². The van der Waals surface area contributed by atoms with E-state index < -0.39 is 0 Å². The van der Waals surface area contributed by atoms with Gasteiger partial charge in [-0.1, -0.05) is 42.9 Å². The molecule has 0 saturated heterocycles. The number of aliphatic hydroxyl groups is 1. The first-order chi connectivity index (χ1) is 8.70. The summed E-state index contributed by atoms with van der Waals surface area (Å²) in [7, 11) is 0. The van der Waals surface area contributed by atoms with Crippen molar-refractivity contribution < 1.29 is 5.11 Å². The zero-order valence-corrected chi connectivity index (χ0v) is 11.3. The highest BCUT2D eigenvalue weighted by Gasteiger charge is 2.24. The topological polar surface area (TPSA) is 49.5 Å². The van der Waals surface area contributed by atoms with E-state index in [0.29, 0.717) is 11.0 Å². The van der Waals surface area contributed by atoms with E-state index in [1.165, 1.54) is 24.8 Å². The molecule has 0 amide bonds.